The molecule has 0 spiro atoms. The summed E-state index contributed by atoms with van der Waals surface area (Å²) in [6, 6.07) is 9.99. The van der Waals surface area contributed by atoms with E-state index < -0.39 is 5.97 Å². The number of carboxylic acids is 1. The van der Waals surface area contributed by atoms with E-state index in [0.717, 1.165) is 4.88 Å². The highest BCUT2D eigenvalue weighted by molar-refractivity contribution is 8.18. The molecule has 0 aliphatic carbocycles. The van der Waals surface area contributed by atoms with E-state index in [1.54, 1.807) is 30.5 Å². The maximum Gasteiger partial charge on any atom is 0.266 e. The van der Waals surface area contributed by atoms with Gasteiger partial charge in [-0.05, 0) is 47.0 Å². The first-order valence-corrected chi connectivity index (χ1v) is 8.35. The Morgan fingerprint density at radius 3 is 2.83 bits per heavy atom. The number of carbonyl (C=O) groups is 2. The van der Waals surface area contributed by atoms with Crippen LogP contribution < -0.4 is 5.11 Å². The predicted molar refractivity (Wildman–Crippen MR) is 90.5 cm³/mol. The molecule has 0 atom stereocenters. The molecule has 1 aromatic heterocycles. The molecule has 1 amide bonds. The molecule has 0 saturated carbocycles. The molecule has 1 aliphatic rings. The van der Waals surface area contributed by atoms with Gasteiger partial charge in [0.2, 0.25) is 0 Å². The number of benzene rings is 1. The Morgan fingerprint density at radius 2 is 2.13 bits per heavy atom. The number of thiophene rings is 1. The van der Waals surface area contributed by atoms with Crippen molar-refractivity contribution in [2.75, 3.05) is 7.05 Å². The van der Waals surface area contributed by atoms with Gasteiger partial charge in [0.1, 0.15) is 0 Å². The van der Waals surface area contributed by atoms with E-state index in [1.165, 1.54) is 28.8 Å². The first-order valence-electron chi connectivity index (χ1n) is 6.66. The molecule has 3 rings (SSSR count). The van der Waals surface area contributed by atoms with Crippen LogP contribution in [0.3, 0.4) is 0 Å². The van der Waals surface area contributed by atoms with E-state index >= 15 is 0 Å². The number of thioether (sulfide) groups is 1. The number of rotatable bonds is 3. The molecule has 0 unspecified atom stereocenters. The predicted octanol–water partition coefficient (Wildman–Crippen LogP) is 2.35. The van der Waals surface area contributed by atoms with Gasteiger partial charge in [0.05, 0.1) is 16.6 Å². The summed E-state index contributed by atoms with van der Waals surface area (Å²) in [5.41, 5.74) is 0.518. The van der Waals surface area contributed by atoms with E-state index in [0.29, 0.717) is 15.8 Å². The Bertz CT molecular complexity index is 826. The maximum atomic E-state index is 12.3. The van der Waals surface area contributed by atoms with Crippen LogP contribution in [0.1, 0.15) is 15.2 Å². The van der Waals surface area contributed by atoms with Gasteiger partial charge in [-0.3, -0.25) is 9.69 Å². The van der Waals surface area contributed by atoms with E-state index in [2.05, 4.69) is 4.99 Å². The van der Waals surface area contributed by atoms with Crippen LogP contribution in [0.4, 0.5) is 5.69 Å². The lowest BCUT2D eigenvalue weighted by molar-refractivity contribution is -0.255. The third-order valence-corrected chi connectivity index (χ3v) is 5.01. The van der Waals surface area contributed by atoms with Crippen molar-refractivity contribution in [1.82, 2.24) is 4.90 Å². The lowest BCUT2D eigenvalue weighted by atomic mass is 10.2. The van der Waals surface area contributed by atoms with E-state index in [-0.39, 0.29) is 11.5 Å². The van der Waals surface area contributed by atoms with Crippen LogP contribution >= 0.6 is 23.1 Å². The van der Waals surface area contributed by atoms with Crippen LogP contribution in [-0.4, -0.2) is 29.0 Å². The topological polar surface area (TPSA) is 72.8 Å². The minimum Gasteiger partial charge on any atom is -0.545 e. The highest BCUT2D eigenvalue weighted by Gasteiger charge is 2.30. The molecule has 23 heavy (non-hydrogen) atoms. The minimum absolute atomic E-state index is 0.0539. The zero-order valence-electron chi connectivity index (χ0n) is 12.1. The van der Waals surface area contributed by atoms with Crippen LogP contribution in [0.15, 0.2) is 51.7 Å². The molecule has 116 valence electrons. The number of amidine groups is 1. The fraction of sp³-hybridized carbons (Fsp3) is 0.0625. The molecule has 0 radical (unpaired) electrons. The van der Waals surface area contributed by atoms with Crippen molar-refractivity contribution in [3.05, 3.63) is 57.1 Å². The fourth-order valence-electron chi connectivity index (χ4n) is 1.97. The summed E-state index contributed by atoms with van der Waals surface area (Å²) in [6.45, 7) is 0. The molecule has 0 N–H and O–H groups in total. The van der Waals surface area contributed by atoms with E-state index in [4.69, 9.17) is 0 Å². The molecule has 1 aromatic carbocycles. The number of carboxylic acid groups (broad SMARTS) is 1. The van der Waals surface area contributed by atoms with E-state index in [1.807, 2.05) is 23.6 Å². The Kier molecular flexibility index (Phi) is 4.31. The van der Waals surface area contributed by atoms with Gasteiger partial charge in [-0.1, -0.05) is 18.2 Å². The number of aromatic carboxylic acids is 1. The third-order valence-electron chi connectivity index (χ3n) is 3.13. The Balaban J connectivity index is 1.90. The molecule has 1 aliphatic heterocycles. The standard InChI is InChI=1S/C16H12N2O3S2/c1-18-14(19)13(9-12-6-3-7-22-12)23-16(18)17-11-5-2-4-10(8-11)15(20)21/h2-9H,1H3,(H,20,21)/p-1/b13-9-,17-16?. The molecule has 2 aromatic rings. The van der Waals surface area contributed by atoms with Gasteiger partial charge in [-0.2, -0.15) is 0 Å². The fourth-order valence-corrected chi connectivity index (χ4v) is 3.68. The number of hydrogen-bond donors (Lipinski definition) is 0. The van der Waals surface area contributed by atoms with Crippen molar-refractivity contribution in [3.63, 3.8) is 0 Å². The lowest BCUT2D eigenvalue weighted by Gasteiger charge is -2.08. The third kappa shape index (κ3) is 3.35. The van der Waals surface area contributed by atoms with Gasteiger partial charge in [-0.15, -0.1) is 11.3 Å². The molecule has 1 fully saturated rings. The quantitative estimate of drug-likeness (QED) is 0.802. The summed E-state index contributed by atoms with van der Waals surface area (Å²) in [5, 5.41) is 13.4. The molecular weight excluding hydrogens is 332 g/mol. The Morgan fingerprint density at radius 1 is 1.30 bits per heavy atom. The summed E-state index contributed by atoms with van der Waals surface area (Å²) in [4.78, 5) is 30.6. The van der Waals surface area contributed by atoms with Crippen molar-refractivity contribution in [2.24, 2.45) is 4.99 Å². The summed E-state index contributed by atoms with van der Waals surface area (Å²) in [6.07, 6.45) is 1.83. The number of carbonyl (C=O) groups excluding carboxylic acids is 2. The molecule has 1 saturated heterocycles. The van der Waals surface area contributed by atoms with Gasteiger partial charge in [-0.25, -0.2) is 4.99 Å². The first-order chi connectivity index (χ1) is 11.0. The molecule has 7 heteroatoms. The highest BCUT2D eigenvalue weighted by Crippen LogP contribution is 2.33. The van der Waals surface area contributed by atoms with Crippen LogP contribution in [0.25, 0.3) is 6.08 Å². The summed E-state index contributed by atoms with van der Waals surface area (Å²) >= 11 is 2.82. The van der Waals surface area contributed by atoms with Crippen molar-refractivity contribution in [2.45, 2.75) is 0 Å². The molecule has 2 heterocycles. The molecule has 0 bridgehead atoms. The minimum atomic E-state index is -1.26. The number of nitrogens with zero attached hydrogens (tertiary/aromatic N) is 2. The smallest absolute Gasteiger partial charge is 0.266 e. The zero-order chi connectivity index (χ0) is 16.4. The van der Waals surface area contributed by atoms with Crippen molar-refractivity contribution >= 4 is 51.9 Å². The van der Waals surface area contributed by atoms with Crippen molar-refractivity contribution in [3.8, 4) is 0 Å². The molecule has 5 nitrogen and oxygen atoms in total. The number of likely N-dealkylation sites (N-methyl/N-ethyl adjacent to an activating group) is 1. The van der Waals surface area contributed by atoms with Crippen LogP contribution in [0.5, 0.6) is 0 Å². The summed E-state index contributed by atoms with van der Waals surface area (Å²) < 4.78 is 0. The normalized spacial score (nSPS) is 18.1. The van der Waals surface area contributed by atoms with Gasteiger partial charge in [0.15, 0.2) is 5.17 Å². The lowest BCUT2D eigenvalue weighted by Crippen LogP contribution is -2.23. The average molecular weight is 343 g/mol. The van der Waals surface area contributed by atoms with Crippen molar-refractivity contribution in [1.29, 1.82) is 0 Å². The van der Waals surface area contributed by atoms with Gasteiger partial charge >= 0.3 is 0 Å². The zero-order valence-corrected chi connectivity index (χ0v) is 13.7. The van der Waals surface area contributed by atoms with E-state index in [9.17, 15) is 14.7 Å². The maximum absolute atomic E-state index is 12.3. The monoisotopic (exact) mass is 343 g/mol. The Labute approximate surface area is 141 Å². The second kappa shape index (κ2) is 6.39. The molecular formula is C16H11N2O3S2-. The van der Waals surface area contributed by atoms with Crippen LogP contribution in [-0.2, 0) is 4.79 Å². The summed E-state index contributed by atoms with van der Waals surface area (Å²) in [5.74, 6) is -1.38. The van der Waals surface area contributed by atoms with Crippen LogP contribution in [0, 0.1) is 0 Å². The second-order valence-corrected chi connectivity index (χ2v) is 6.71. The number of amides is 1. The number of aliphatic imine (C=N–C) groups is 1. The first kappa shape index (κ1) is 15.5. The SMILES string of the molecule is CN1C(=O)/C(=C/c2cccs2)SC1=Nc1cccc(C(=O)[O-])c1. The van der Waals surface area contributed by atoms with Gasteiger partial charge < -0.3 is 9.90 Å². The Hall–Kier alpha value is -2.38. The second-order valence-electron chi connectivity index (χ2n) is 4.72. The highest BCUT2D eigenvalue weighted by atomic mass is 32.2. The summed E-state index contributed by atoms with van der Waals surface area (Å²) in [7, 11) is 1.64. The largest absolute Gasteiger partial charge is 0.545 e. The van der Waals surface area contributed by atoms with Gasteiger partial charge in [0, 0.05) is 11.9 Å². The van der Waals surface area contributed by atoms with Gasteiger partial charge in [0.25, 0.3) is 5.91 Å². The van der Waals surface area contributed by atoms with Crippen LogP contribution in [0.2, 0.25) is 0 Å². The van der Waals surface area contributed by atoms with Crippen molar-refractivity contribution < 1.29 is 14.7 Å². The average Bonchev–Trinajstić information content (AvgIpc) is 3.13. The number of hydrogen-bond acceptors (Lipinski definition) is 6.